The van der Waals surface area contributed by atoms with Crippen LogP contribution in [0.2, 0.25) is 0 Å². The van der Waals surface area contributed by atoms with Crippen LogP contribution >= 0.6 is 0 Å². The number of aryl methyl sites for hydroxylation is 1. The van der Waals surface area contributed by atoms with Gasteiger partial charge in [0.15, 0.2) is 0 Å². The minimum atomic E-state index is 0.601. The molecule has 0 bridgehead atoms. The maximum Gasteiger partial charge on any atom is 0.218 e. The van der Waals surface area contributed by atoms with E-state index in [1.807, 2.05) is 26.1 Å². The first kappa shape index (κ1) is 12.3. The third-order valence-electron chi connectivity index (χ3n) is 2.36. The molecule has 6 nitrogen and oxygen atoms in total. The second kappa shape index (κ2) is 6.00. The van der Waals surface area contributed by atoms with E-state index in [1.54, 1.807) is 6.33 Å². The van der Waals surface area contributed by atoms with Gasteiger partial charge in [0.2, 0.25) is 5.88 Å². The minimum Gasteiger partial charge on any atom is -0.478 e. The van der Waals surface area contributed by atoms with Crippen LogP contribution < -0.4 is 10.1 Å². The molecule has 2 aromatic rings. The number of H-pyrrole nitrogens is 1. The zero-order valence-electron chi connectivity index (χ0n) is 10.6. The monoisotopic (exact) mass is 247 g/mol. The number of aromatic amines is 1. The normalized spacial score (nSPS) is 10.3. The molecule has 2 N–H and O–H groups in total. The number of aromatic nitrogens is 4. The maximum absolute atomic E-state index is 5.37. The summed E-state index contributed by atoms with van der Waals surface area (Å²) in [6.07, 6.45) is 4.36. The third-order valence-corrected chi connectivity index (χ3v) is 2.36. The highest BCUT2D eigenvalue weighted by atomic mass is 16.5. The molecule has 2 rings (SSSR count). The standard InChI is InChI=1S/C12H17N5O/c1-3-18-12-6-11(16-9(2)17-12)14-5-4-10-7-13-8-15-10/h6-8H,3-5H2,1-2H3,(H,13,15)(H,14,16,17). The van der Waals surface area contributed by atoms with E-state index in [4.69, 9.17) is 4.74 Å². The molecule has 0 aliphatic carbocycles. The Morgan fingerprint density at radius 3 is 3.00 bits per heavy atom. The molecule has 0 atom stereocenters. The molecule has 2 aromatic heterocycles. The second-order valence-corrected chi connectivity index (χ2v) is 3.83. The number of nitrogens with zero attached hydrogens (tertiary/aromatic N) is 3. The molecule has 96 valence electrons. The summed E-state index contributed by atoms with van der Waals surface area (Å²) in [7, 11) is 0. The number of hydrogen-bond donors (Lipinski definition) is 2. The molecule has 0 fully saturated rings. The van der Waals surface area contributed by atoms with Crippen LogP contribution in [0.1, 0.15) is 18.4 Å². The van der Waals surface area contributed by atoms with Crippen molar-refractivity contribution < 1.29 is 4.74 Å². The van der Waals surface area contributed by atoms with Crippen LogP contribution in [-0.4, -0.2) is 33.1 Å². The molecule has 0 aromatic carbocycles. The molecule has 0 unspecified atom stereocenters. The van der Waals surface area contributed by atoms with E-state index in [0.29, 0.717) is 18.3 Å². The van der Waals surface area contributed by atoms with Gasteiger partial charge in [0, 0.05) is 30.9 Å². The van der Waals surface area contributed by atoms with Crippen molar-refractivity contribution in [2.75, 3.05) is 18.5 Å². The molecule has 0 radical (unpaired) electrons. The van der Waals surface area contributed by atoms with Crippen LogP contribution in [0.3, 0.4) is 0 Å². The maximum atomic E-state index is 5.37. The Morgan fingerprint density at radius 1 is 1.39 bits per heavy atom. The van der Waals surface area contributed by atoms with Crippen molar-refractivity contribution in [1.29, 1.82) is 0 Å². The fourth-order valence-corrected chi connectivity index (χ4v) is 1.60. The fraction of sp³-hybridized carbons (Fsp3) is 0.417. The zero-order valence-corrected chi connectivity index (χ0v) is 10.6. The first-order valence-electron chi connectivity index (χ1n) is 5.97. The van der Waals surface area contributed by atoms with E-state index in [2.05, 4.69) is 25.3 Å². The molecular weight excluding hydrogens is 230 g/mol. The van der Waals surface area contributed by atoms with Crippen molar-refractivity contribution in [3.63, 3.8) is 0 Å². The molecule has 0 aliphatic heterocycles. The van der Waals surface area contributed by atoms with Gasteiger partial charge in [0.05, 0.1) is 12.9 Å². The number of nitrogens with one attached hydrogen (secondary N) is 2. The van der Waals surface area contributed by atoms with Crippen LogP contribution in [0.5, 0.6) is 5.88 Å². The van der Waals surface area contributed by atoms with E-state index >= 15 is 0 Å². The Hall–Kier alpha value is -2.11. The average molecular weight is 247 g/mol. The average Bonchev–Trinajstić information content (AvgIpc) is 2.82. The van der Waals surface area contributed by atoms with Gasteiger partial charge < -0.3 is 15.0 Å². The third kappa shape index (κ3) is 3.44. The van der Waals surface area contributed by atoms with Crippen molar-refractivity contribution in [3.8, 4) is 5.88 Å². The molecule has 0 saturated heterocycles. The Labute approximate surface area is 106 Å². The zero-order chi connectivity index (χ0) is 12.8. The van der Waals surface area contributed by atoms with E-state index in [-0.39, 0.29) is 0 Å². The summed E-state index contributed by atoms with van der Waals surface area (Å²) in [5.74, 6) is 2.09. The van der Waals surface area contributed by atoms with Crippen molar-refractivity contribution in [2.24, 2.45) is 0 Å². The summed E-state index contributed by atoms with van der Waals surface area (Å²) in [4.78, 5) is 15.5. The Balaban J connectivity index is 1.92. The molecular formula is C12H17N5O. The number of ether oxygens (including phenoxy) is 1. The van der Waals surface area contributed by atoms with Crippen molar-refractivity contribution in [2.45, 2.75) is 20.3 Å². The lowest BCUT2D eigenvalue weighted by Gasteiger charge is -2.08. The summed E-state index contributed by atoms with van der Waals surface area (Å²) in [6, 6.07) is 1.81. The van der Waals surface area contributed by atoms with Gasteiger partial charge in [0.1, 0.15) is 11.6 Å². The lowest BCUT2D eigenvalue weighted by atomic mass is 10.3. The van der Waals surface area contributed by atoms with E-state index in [1.165, 1.54) is 0 Å². The summed E-state index contributed by atoms with van der Waals surface area (Å²) >= 11 is 0. The highest BCUT2D eigenvalue weighted by molar-refractivity contribution is 5.38. The number of hydrogen-bond acceptors (Lipinski definition) is 5. The van der Waals surface area contributed by atoms with Crippen LogP contribution in [0.25, 0.3) is 0 Å². The van der Waals surface area contributed by atoms with Crippen LogP contribution in [0.15, 0.2) is 18.6 Å². The molecule has 0 amide bonds. The summed E-state index contributed by atoms with van der Waals surface area (Å²) in [5, 5.41) is 3.24. The van der Waals surface area contributed by atoms with E-state index in [9.17, 15) is 0 Å². The van der Waals surface area contributed by atoms with Gasteiger partial charge in [-0.25, -0.2) is 9.97 Å². The molecule has 0 spiro atoms. The lowest BCUT2D eigenvalue weighted by Crippen LogP contribution is -2.08. The van der Waals surface area contributed by atoms with Gasteiger partial charge in [-0.15, -0.1) is 0 Å². The number of rotatable bonds is 6. The summed E-state index contributed by atoms with van der Waals surface area (Å²) < 4.78 is 5.37. The van der Waals surface area contributed by atoms with Crippen LogP contribution in [-0.2, 0) is 6.42 Å². The Morgan fingerprint density at radius 2 is 2.28 bits per heavy atom. The summed E-state index contributed by atoms with van der Waals surface area (Å²) in [5.41, 5.74) is 1.10. The smallest absolute Gasteiger partial charge is 0.218 e. The highest BCUT2D eigenvalue weighted by Crippen LogP contribution is 2.13. The summed E-state index contributed by atoms with van der Waals surface area (Å²) in [6.45, 7) is 5.17. The molecule has 18 heavy (non-hydrogen) atoms. The topological polar surface area (TPSA) is 75.7 Å². The quantitative estimate of drug-likeness (QED) is 0.810. The van der Waals surface area contributed by atoms with Gasteiger partial charge >= 0.3 is 0 Å². The van der Waals surface area contributed by atoms with Gasteiger partial charge in [-0.05, 0) is 13.8 Å². The molecule has 2 heterocycles. The predicted molar refractivity (Wildman–Crippen MR) is 68.7 cm³/mol. The van der Waals surface area contributed by atoms with Gasteiger partial charge in [-0.1, -0.05) is 0 Å². The number of anilines is 1. The van der Waals surface area contributed by atoms with Gasteiger partial charge in [-0.3, -0.25) is 0 Å². The largest absolute Gasteiger partial charge is 0.478 e. The first-order valence-corrected chi connectivity index (χ1v) is 5.97. The van der Waals surface area contributed by atoms with Crippen LogP contribution in [0, 0.1) is 6.92 Å². The van der Waals surface area contributed by atoms with Gasteiger partial charge in [-0.2, -0.15) is 4.98 Å². The highest BCUT2D eigenvalue weighted by Gasteiger charge is 2.02. The second-order valence-electron chi connectivity index (χ2n) is 3.83. The molecule has 0 saturated carbocycles. The first-order chi connectivity index (χ1) is 8.78. The molecule has 6 heteroatoms. The fourth-order valence-electron chi connectivity index (χ4n) is 1.60. The number of imidazole rings is 1. The SMILES string of the molecule is CCOc1cc(NCCc2cnc[nH]2)nc(C)n1. The van der Waals surface area contributed by atoms with Gasteiger partial charge in [0.25, 0.3) is 0 Å². The Bertz CT molecular complexity index is 483. The predicted octanol–water partition coefficient (Wildman–Crippen LogP) is 1.56. The van der Waals surface area contributed by atoms with Crippen molar-refractivity contribution in [1.82, 2.24) is 19.9 Å². The molecule has 0 aliphatic rings. The lowest BCUT2D eigenvalue weighted by molar-refractivity contribution is 0.325. The van der Waals surface area contributed by atoms with Crippen LogP contribution in [0.4, 0.5) is 5.82 Å². The van der Waals surface area contributed by atoms with Crippen molar-refractivity contribution in [3.05, 3.63) is 30.1 Å². The van der Waals surface area contributed by atoms with E-state index in [0.717, 1.165) is 24.5 Å². The van der Waals surface area contributed by atoms with E-state index < -0.39 is 0 Å². The van der Waals surface area contributed by atoms with Crippen molar-refractivity contribution >= 4 is 5.82 Å². The minimum absolute atomic E-state index is 0.601. The Kier molecular flexibility index (Phi) is 4.11.